The maximum Gasteiger partial charge on any atom is 0.324 e. The van der Waals surface area contributed by atoms with Crippen LogP contribution in [0.1, 0.15) is 36.8 Å². The summed E-state index contributed by atoms with van der Waals surface area (Å²) in [6.07, 6.45) is 6.33. The summed E-state index contributed by atoms with van der Waals surface area (Å²) < 4.78 is 0. The number of likely N-dealkylation sites (tertiary alicyclic amines) is 1. The molecule has 21 heavy (non-hydrogen) atoms. The molecule has 0 amide bonds. The number of carbonyl (C=O) groups is 1. The minimum absolute atomic E-state index is 0.279. The van der Waals surface area contributed by atoms with Gasteiger partial charge < -0.3 is 5.11 Å². The normalized spacial score (nSPS) is 35.4. The largest absolute Gasteiger partial charge is 0.480 e. The number of hydrogen-bond acceptors (Lipinski definition) is 2. The highest BCUT2D eigenvalue weighted by molar-refractivity contribution is 5.81. The lowest BCUT2D eigenvalue weighted by molar-refractivity contribution is -0.157. The molecule has 112 valence electrons. The molecule has 1 heterocycles. The lowest BCUT2D eigenvalue weighted by atomic mass is 9.77. The highest BCUT2D eigenvalue weighted by atomic mass is 16.4. The molecule has 1 aromatic carbocycles. The van der Waals surface area contributed by atoms with Crippen LogP contribution in [0.3, 0.4) is 0 Å². The molecule has 2 aliphatic carbocycles. The van der Waals surface area contributed by atoms with Crippen molar-refractivity contribution in [2.24, 2.45) is 11.8 Å². The van der Waals surface area contributed by atoms with Gasteiger partial charge in [-0.1, -0.05) is 24.3 Å². The average Bonchev–Trinajstić information content (AvgIpc) is 3.04. The molecule has 1 saturated carbocycles. The van der Waals surface area contributed by atoms with Gasteiger partial charge in [0.05, 0.1) is 0 Å². The molecule has 3 aliphatic rings. The molecule has 2 bridgehead atoms. The number of rotatable bonds is 2. The second-order valence-corrected chi connectivity index (χ2v) is 6.97. The van der Waals surface area contributed by atoms with Crippen LogP contribution in [0.2, 0.25) is 0 Å². The van der Waals surface area contributed by atoms with E-state index in [-0.39, 0.29) is 11.8 Å². The maximum atomic E-state index is 12.4. The summed E-state index contributed by atoms with van der Waals surface area (Å²) in [6, 6.07) is 8.59. The van der Waals surface area contributed by atoms with Crippen molar-refractivity contribution >= 4 is 5.97 Å². The lowest BCUT2D eigenvalue weighted by Crippen LogP contribution is -2.60. The van der Waals surface area contributed by atoms with Gasteiger partial charge in [0.2, 0.25) is 0 Å². The summed E-state index contributed by atoms with van der Waals surface area (Å²) in [5, 5.41) is 10.2. The van der Waals surface area contributed by atoms with Crippen LogP contribution >= 0.6 is 0 Å². The highest BCUT2D eigenvalue weighted by Gasteiger charge is 2.60. The highest BCUT2D eigenvalue weighted by Crippen LogP contribution is 2.51. The van der Waals surface area contributed by atoms with E-state index in [2.05, 4.69) is 29.2 Å². The van der Waals surface area contributed by atoms with Gasteiger partial charge in [0, 0.05) is 0 Å². The SMILES string of the molecule is O=C(O)C1(N2CCCC2)C2CCC1Cc1ccccc1C2. The molecule has 3 heteroatoms. The smallest absolute Gasteiger partial charge is 0.324 e. The molecule has 1 N–H and O–H groups in total. The monoisotopic (exact) mass is 285 g/mol. The number of aliphatic carboxylic acids is 1. The van der Waals surface area contributed by atoms with Crippen LogP contribution in [0.25, 0.3) is 0 Å². The average molecular weight is 285 g/mol. The fourth-order valence-electron chi connectivity index (χ4n) is 5.27. The van der Waals surface area contributed by atoms with Crippen molar-refractivity contribution in [3.05, 3.63) is 35.4 Å². The first-order chi connectivity index (χ1) is 10.2. The van der Waals surface area contributed by atoms with E-state index in [9.17, 15) is 9.90 Å². The van der Waals surface area contributed by atoms with Gasteiger partial charge in [0.15, 0.2) is 0 Å². The molecule has 3 nitrogen and oxygen atoms in total. The summed E-state index contributed by atoms with van der Waals surface area (Å²) in [7, 11) is 0. The summed E-state index contributed by atoms with van der Waals surface area (Å²) >= 11 is 0. The van der Waals surface area contributed by atoms with Crippen molar-refractivity contribution in [1.82, 2.24) is 4.90 Å². The molecular weight excluding hydrogens is 262 g/mol. The number of carboxylic acids is 1. The van der Waals surface area contributed by atoms with Gasteiger partial charge in [-0.3, -0.25) is 9.69 Å². The second kappa shape index (κ2) is 4.84. The number of carboxylic acid groups (broad SMARTS) is 1. The van der Waals surface area contributed by atoms with Crippen LogP contribution < -0.4 is 0 Å². The predicted molar refractivity (Wildman–Crippen MR) is 81.2 cm³/mol. The Hall–Kier alpha value is -1.35. The van der Waals surface area contributed by atoms with Gasteiger partial charge in [0.25, 0.3) is 0 Å². The molecule has 0 radical (unpaired) electrons. The van der Waals surface area contributed by atoms with Crippen LogP contribution in [0.15, 0.2) is 24.3 Å². The maximum absolute atomic E-state index is 12.4. The minimum atomic E-state index is -0.602. The van der Waals surface area contributed by atoms with Crippen LogP contribution in [0.5, 0.6) is 0 Å². The zero-order valence-corrected chi connectivity index (χ0v) is 12.4. The van der Waals surface area contributed by atoms with Crippen molar-refractivity contribution < 1.29 is 9.90 Å². The molecule has 0 spiro atoms. The zero-order chi connectivity index (χ0) is 14.4. The van der Waals surface area contributed by atoms with E-state index in [0.29, 0.717) is 0 Å². The van der Waals surface area contributed by atoms with Crippen molar-refractivity contribution in [2.45, 2.75) is 44.1 Å². The Morgan fingerprint density at radius 1 is 1.05 bits per heavy atom. The third-order valence-electron chi connectivity index (χ3n) is 6.13. The Labute approximate surface area is 126 Å². The molecule has 4 rings (SSSR count). The molecule has 1 saturated heterocycles. The Kier molecular flexibility index (Phi) is 3.07. The van der Waals surface area contributed by atoms with E-state index in [4.69, 9.17) is 0 Å². The zero-order valence-electron chi connectivity index (χ0n) is 12.4. The number of benzene rings is 1. The summed E-state index contributed by atoms with van der Waals surface area (Å²) in [4.78, 5) is 14.7. The van der Waals surface area contributed by atoms with Gasteiger partial charge >= 0.3 is 5.97 Å². The summed E-state index contributed by atoms with van der Waals surface area (Å²) in [6.45, 7) is 1.94. The molecule has 1 aromatic rings. The van der Waals surface area contributed by atoms with Crippen LogP contribution in [0, 0.1) is 11.8 Å². The van der Waals surface area contributed by atoms with Crippen molar-refractivity contribution in [3.63, 3.8) is 0 Å². The Bertz CT molecular complexity index is 529. The molecular formula is C18H23NO2. The van der Waals surface area contributed by atoms with E-state index >= 15 is 0 Å². The number of hydrogen-bond donors (Lipinski definition) is 1. The molecule has 2 unspecified atom stereocenters. The van der Waals surface area contributed by atoms with E-state index in [1.54, 1.807) is 0 Å². The van der Waals surface area contributed by atoms with Crippen molar-refractivity contribution in [3.8, 4) is 0 Å². The number of fused-ring (bicyclic) bond motifs is 3. The van der Waals surface area contributed by atoms with Crippen LogP contribution in [0.4, 0.5) is 0 Å². The third-order valence-corrected chi connectivity index (χ3v) is 6.13. The fraction of sp³-hybridized carbons (Fsp3) is 0.611. The van der Waals surface area contributed by atoms with Crippen molar-refractivity contribution in [1.29, 1.82) is 0 Å². The van der Waals surface area contributed by atoms with Crippen LogP contribution in [-0.2, 0) is 17.6 Å². The van der Waals surface area contributed by atoms with E-state index < -0.39 is 11.5 Å². The van der Waals surface area contributed by atoms with Gasteiger partial charge in [-0.25, -0.2) is 0 Å². The Morgan fingerprint density at radius 3 is 2.05 bits per heavy atom. The van der Waals surface area contributed by atoms with Gasteiger partial charge in [-0.2, -0.15) is 0 Å². The molecule has 0 aromatic heterocycles. The Balaban J connectivity index is 1.80. The second-order valence-electron chi connectivity index (χ2n) is 6.97. The number of nitrogens with zero attached hydrogens (tertiary/aromatic N) is 1. The quantitative estimate of drug-likeness (QED) is 0.908. The van der Waals surface area contributed by atoms with E-state index in [0.717, 1.165) is 51.6 Å². The first kappa shape index (κ1) is 13.3. The first-order valence-corrected chi connectivity index (χ1v) is 8.28. The molecule has 1 aliphatic heterocycles. The minimum Gasteiger partial charge on any atom is -0.480 e. The van der Waals surface area contributed by atoms with E-state index in [1.165, 1.54) is 11.1 Å². The third kappa shape index (κ3) is 1.80. The summed E-state index contributed by atoms with van der Waals surface area (Å²) in [5.74, 6) is -0.00629. The van der Waals surface area contributed by atoms with Crippen molar-refractivity contribution in [2.75, 3.05) is 13.1 Å². The van der Waals surface area contributed by atoms with E-state index in [1.807, 2.05) is 0 Å². The lowest BCUT2D eigenvalue weighted by Gasteiger charge is -2.43. The summed E-state index contributed by atoms with van der Waals surface area (Å²) in [5.41, 5.74) is 2.17. The van der Waals surface area contributed by atoms with Crippen LogP contribution in [-0.4, -0.2) is 34.6 Å². The first-order valence-electron chi connectivity index (χ1n) is 8.28. The van der Waals surface area contributed by atoms with Gasteiger partial charge in [0.1, 0.15) is 5.54 Å². The molecule has 2 fully saturated rings. The Morgan fingerprint density at radius 2 is 1.57 bits per heavy atom. The predicted octanol–water partition coefficient (Wildman–Crippen LogP) is 2.73. The topological polar surface area (TPSA) is 40.5 Å². The molecule has 2 atom stereocenters. The fourth-order valence-corrected chi connectivity index (χ4v) is 5.27. The van der Waals surface area contributed by atoms with Gasteiger partial charge in [-0.05, 0) is 74.6 Å². The van der Waals surface area contributed by atoms with Gasteiger partial charge in [-0.15, -0.1) is 0 Å². The standard InChI is InChI=1S/C18H23NO2/c20-17(21)18(19-9-3-4-10-19)15-7-8-16(18)12-14-6-2-1-5-13(14)11-15/h1-2,5-6,15-16H,3-4,7-12H2,(H,20,21).